The summed E-state index contributed by atoms with van der Waals surface area (Å²) in [6, 6.07) is 11.2. The number of benzene rings is 1. The average Bonchev–Trinajstić information content (AvgIpc) is 2.49. The number of nitrogens with zero attached hydrogens (tertiary/aromatic N) is 1. The van der Waals surface area contributed by atoms with Gasteiger partial charge in [0, 0.05) is 12.0 Å². The zero-order valence-corrected chi connectivity index (χ0v) is 12.3. The smallest absolute Gasteiger partial charge is 0.419 e. The van der Waals surface area contributed by atoms with Gasteiger partial charge in [0.2, 0.25) is 0 Å². The number of hydrogen-bond donors (Lipinski definition) is 1. The molecule has 1 N–H and O–H groups in total. The van der Waals surface area contributed by atoms with E-state index in [9.17, 15) is 14.7 Å². The molecule has 0 aliphatic rings. The van der Waals surface area contributed by atoms with E-state index in [4.69, 9.17) is 0 Å². The Morgan fingerprint density at radius 1 is 1.32 bits per heavy atom. The fourth-order valence-corrected chi connectivity index (χ4v) is 2.22. The van der Waals surface area contributed by atoms with Gasteiger partial charge in [-0.15, -0.1) is 0 Å². The first-order chi connectivity index (χ1) is 10.5. The fourth-order valence-electron chi connectivity index (χ4n) is 2.22. The van der Waals surface area contributed by atoms with Gasteiger partial charge in [-0.1, -0.05) is 55.1 Å². The number of carboxylic acid groups (broad SMARTS) is 1. The molecular formula is C18H17NO3. The summed E-state index contributed by atoms with van der Waals surface area (Å²) in [7, 11) is 0. The van der Waals surface area contributed by atoms with Gasteiger partial charge in [0.05, 0.1) is 5.35 Å². The van der Waals surface area contributed by atoms with Crippen LogP contribution in [0.25, 0.3) is 12.7 Å². The number of carbonyl (C=O) groups is 1. The molecule has 0 aliphatic carbocycles. The van der Waals surface area contributed by atoms with Crippen LogP contribution >= 0.6 is 0 Å². The molecule has 0 fully saturated rings. The van der Waals surface area contributed by atoms with Crippen LogP contribution in [-0.2, 0) is 6.42 Å². The Labute approximate surface area is 128 Å². The molecule has 2 rings (SSSR count). The maximum Gasteiger partial charge on any atom is 0.419 e. The third-order valence-corrected chi connectivity index (χ3v) is 3.31. The van der Waals surface area contributed by atoms with Crippen LogP contribution in [0.3, 0.4) is 0 Å². The van der Waals surface area contributed by atoms with Gasteiger partial charge in [-0.25, -0.2) is 9.36 Å². The number of allylic oxidation sites excluding steroid dienone is 2. The van der Waals surface area contributed by atoms with Crippen LogP contribution in [0.1, 0.15) is 18.1 Å². The van der Waals surface area contributed by atoms with E-state index < -0.39 is 11.7 Å². The van der Waals surface area contributed by atoms with E-state index in [0.29, 0.717) is 21.8 Å². The summed E-state index contributed by atoms with van der Waals surface area (Å²) in [6.45, 7) is 5.58. The highest BCUT2D eigenvalue weighted by Crippen LogP contribution is 2.03. The van der Waals surface area contributed by atoms with Crippen molar-refractivity contribution in [2.75, 3.05) is 0 Å². The Morgan fingerprint density at radius 3 is 2.59 bits per heavy atom. The zero-order chi connectivity index (χ0) is 16.1. The topological polar surface area (TPSA) is 59.3 Å². The van der Waals surface area contributed by atoms with Crippen molar-refractivity contribution in [1.82, 2.24) is 4.57 Å². The zero-order valence-electron chi connectivity index (χ0n) is 12.3. The second-order valence-corrected chi connectivity index (χ2v) is 4.85. The predicted octanol–water partition coefficient (Wildman–Crippen LogP) is 1.73. The molecule has 22 heavy (non-hydrogen) atoms. The van der Waals surface area contributed by atoms with E-state index in [0.717, 1.165) is 5.56 Å². The largest absolute Gasteiger partial charge is 0.464 e. The minimum Gasteiger partial charge on any atom is -0.464 e. The Morgan fingerprint density at radius 2 is 2.00 bits per heavy atom. The van der Waals surface area contributed by atoms with Gasteiger partial charge >= 0.3 is 6.09 Å². The van der Waals surface area contributed by atoms with Crippen LogP contribution in [0, 0.1) is 0 Å². The van der Waals surface area contributed by atoms with Crippen molar-refractivity contribution in [2.24, 2.45) is 0 Å². The lowest BCUT2D eigenvalue weighted by molar-refractivity contribution is 0.194. The van der Waals surface area contributed by atoms with Crippen molar-refractivity contribution >= 4 is 18.7 Å². The number of pyridine rings is 1. The lowest BCUT2D eigenvalue weighted by Gasteiger charge is -2.06. The Balaban J connectivity index is 2.69. The molecule has 0 bridgehead atoms. The maximum atomic E-state index is 12.4. The summed E-state index contributed by atoms with van der Waals surface area (Å²) in [5, 5.41) is 10.1. The highest BCUT2D eigenvalue weighted by Gasteiger charge is 2.11. The SMILES string of the molecule is C=c1/c(=C\C=C/C)cc(Cc2ccccc2)c(=O)n1C(=O)O. The quantitative estimate of drug-likeness (QED) is 0.938. The first kappa shape index (κ1) is 15.5. The van der Waals surface area contributed by atoms with Crippen LogP contribution in [-0.4, -0.2) is 15.8 Å². The van der Waals surface area contributed by atoms with Gasteiger partial charge in [-0.2, -0.15) is 0 Å². The molecule has 2 aromatic rings. The predicted molar refractivity (Wildman–Crippen MR) is 87.4 cm³/mol. The van der Waals surface area contributed by atoms with Crippen molar-refractivity contribution < 1.29 is 9.90 Å². The monoisotopic (exact) mass is 295 g/mol. The third kappa shape index (κ3) is 3.23. The van der Waals surface area contributed by atoms with Crippen LogP contribution in [0.15, 0.2) is 53.3 Å². The van der Waals surface area contributed by atoms with Gasteiger partial charge in [-0.05, 0) is 23.8 Å². The molecular weight excluding hydrogens is 278 g/mol. The first-order valence-corrected chi connectivity index (χ1v) is 6.88. The van der Waals surface area contributed by atoms with Crippen LogP contribution in [0.4, 0.5) is 4.79 Å². The standard InChI is InChI=1S/C18H17NO3/c1-3-4-10-15-12-16(11-14-8-6-5-7-9-14)17(20)19(13(15)2)18(21)22/h3-10,12H,2,11H2,1H3,(H,21,22)/b4-3-,15-10-. The van der Waals surface area contributed by atoms with E-state index in [1.807, 2.05) is 43.3 Å². The van der Waals surface area contributed by atoms with Gasteiger partial charge in [0.1, 0.15) is 0 Å². The molecule has 1 aromatic heterocycles. The molecule has 4 nitrogen and oxygen atoms in total. The Bertz CT molecular complexity index is 877. The van der Waals surface area contributed by atoms with Crippen molar-refractivity contribution in [1.29, 1.82) is 0 Å². The highest BCUT2D eigenvalue weighted by atomic mass is 16.4. The third-order valence-electron chi connectivity index (χ3n) is 3.31. The number of aromatic nitrogens is 1. The molecule has 4 heteroatoms. The molecule has 0 unspecified atom stereocenters. The second-order valence-electron chi connectivity index (χ2n) is 4.85. The molecule has 0 amide bonds. The summed E-state index contributed by atoms with van der Waals surface area (Å²) in [5.74, 6) is 0. The number of hydrogen-bond acceptors (Lipinski definition) is 2. The summed E-state index contributed by atoms with van der Waals surface area (Å²) < 4.78 is 0.702. The van der Waals surface area contributed by atoms with E-state index in [1.165, 1.54) is 0 Å². The maximum absolute atomic E-state index is 12.4. The molecule has 1 aromatic carbocycles. The fraction of sp³-hybridized carbons (Fsp3) is 0.111. The second kappa shape index (κ2) is 6.72. The van der Waals surface area contributed by atoms with Crippen molar-refractivity contribution in [3.63, 3.8) is 0 Å². The summed E-state index contributed by atoms with van der Waals surface area (Å²) in [5.41, 5.74) is 0.834. The molecule has 0 aliphatic heterocycles. The molecule has 0 atom stereocenters. The normalized spacial score (nSPS) is 12.0. The minimum atomic E-state index is -1.32. The van der Waals surface area contributed by atoms with E-state index in [2.05, 4.69) is 6.58 Å². The van der Waals surface area contributed by atoms with Gasteiger partial charge < -0.3 is 5.11 Å². The van der Waals surface area contributed by atoms with Crippen LogP contribution in [0.2, 0.25) is 0 Å². The first-order valence-electron chi connectivity index (χ1n) is 6.88. The highest BCUT2D eigenvalue weighted by molar-refractivity contribution is 5.68. The summed E-state index contributed by atoms with van der Waals surface area (Å²) in [6.07, 6.45) is 4.42. The van der Waals surface area contributed by atoms with Crippen molar-refractivity contribution in [2.45, 2.75) is 13.3 Å². The van der Waals surface area contributed by atoms with Crippen molar-refractivity contribution in [3.8, 4) is 0 Å². The van der Waals surface area contributed by atoms with Crippen LogP contribution < -0.4 is 16.1 Å². The summed E-state index contributed by atoms with van der Waals surface area (Å²) >= 11 is 0. The molecule has 0 saturated heterocycles. The van der Waals surface area contributed by atoms with E-state index in [-0.39, 0.29) is 5.35 Å². The molecule has 112 valence electrons. The molecule has 1 heterocycles. The summed E-state index contributed by atoms with van der Waals surface area (Å²) in [4.78, 5) is 23.7. The van der Waals surface area contributed by atoms with E-state index >= 15 is 0 Å². The molecule has 0 spiro atoms. The Kier molecular flexibility index (Phi) is 4.73. The molecule has 0 radical (unpaired) electrons. The lowest BCUT2D eigenvalue weighted by Crippen LogP contribution is -2.46. The minimum absolute atomic E-state index is 0.174. The van der Waals surface area contributed by atoms with Gasteiger partial charge in [0.25, 0.3) is 5.56 Å². The average molecular weight is 295 g/mol. The van der Waals surface area contributed by atoms with Crippen molar-refractivity contribution in [3.05, 3.63) is 80.6 Å². The number of rotatable bonds is 3. The van der Waals surface area contributed by atoms with Gasteiger partial charge in [0.15, 0.2) is 0 Å². The lowest BCUT2D eigenvalue weighted by atomic mass is 10.1. The van der Waals surface area contributed by atoms with Gasteiger partial charge in [-0.3, -0.25) is 4.79 Å². The van der Waals surface area contributed by atoms with Crippen LogP contribution in [0.5, 0.6) is 0 Å². The van der Waals surface area contributed by atoms with E-state index in [1.54, 1.807) is 18.2 Å². The Hall–Kier alpha value is -2.88. The molecule has 0 saturated carbocycles.